The molecule has 0 radical (unpaired) electrons. The predicted octanol–water partition coefficient (Wildman–Crippen LogP) is 3.41. The number of anilines is 1. The number of methoxy groups -OCH3 is 1. The number of nitrogens with zero attached hydrogens (tertiary/aromatic N) is 4. The Bertz CT molecular complexity index is 1040. The van der Waals surface area contributed by atoms with Gasteiger partial charge in [-0.1, -0.05) is 12.1 Å². The molecular formula is C21H21F3N4O2. The summed E-state index contributed by atoms with van der Waals surface area (Å²) in [5, 5.41) is 0. The molecule has 158 valence electrons. The van der Waals surface area contributed by atoms with Crippen LogP contribution in [-0.4, -0.2) is 53.6 Å². The van der Waals surface area contributed by atoms with Gasteiger partial charge in [-0.05, 0) is 36.4 Å². The van der Waals surface area contributed by atoms with Crippen LogP contribution in [0.2, 0.25) is 0 Å². The number of rotatable bonds is 4. The number of hydrogen-bond acceptors (Lipinski definition) is 4. The van der Waals surface area contributed by atoms with Crippen molar-refractivity contribution in [2.75, 3.05) is 38.2 Å². The highest BCUT2D eigenvalue weighted by Gasteiger charge is 2.38. The maximum atomic E-state index is 13.4. The second-order valence-electron chi connectivity index (χ2n) is 7.07. The van der Waals surface area contributed by atoms with Gasteiger partial charge in [0.25, 0.3) is 0 Å². The minimum atomic E-state index is -4.63. The van der Waals surface area contributed by atoms with Crippen molar-refractivity contribution in [1.82, 2.24) is 14.5 Å². The van der Waals surface area contributed by atoms with Gasteiger partial charge in [-0.2, -0.15) is 13.2 Å². The van der Waals surface area contributed by atoms with Crippen LogP contribution in [0.15, 0.2) is 48.5 Å². The average Bonchev–Trinajstić information content (AvgIpc) is 3.13. The van der Waals surface area contributed by atoms with Gasteiger partial charge < -0.3 is 19.1 Å². The summed E-state index contributed by atoms with van der Waals surface area (Å²) in [6, 6.07) is 14.0. The van der Waals surface area contributed by atoms with Crippen molar-refractivity contribution >= 4 is 22.6 Å². The van der Waals surface area contributed by atoms with Crippen molar-refractivity contribution in [1.29, 1.82) is 0 Å². The molecule has 1 aliphatic heterocycles. The summed E-state index contributed by atoms with van der Waals surface area (Å²) in [6.45, 7) is 1.71. The van der Waals surface area contributed by atoms with Gasteiger partial charge in [-0.3, -0.25) is 4.79 Å². The van der Waals surface area contributed by atoms with E-state index in [2.05, 4.69) is 9.88 Å². The van der Waals surface area contributed by atoms with Crippen LogP contribution in [0.25, 0.3) is 11.0 Å². The Hall–Kier alpha value is -3.23. The van der Waals surface area contributed by atoms with E-state index in [0.717, 1.165) is 16.0 Å². The molecule has 6 nitrogen and oxygen atoms in total. The van der Waals surface area contributed by atoms with Gasteiger partial charge in [-0.15, -0.1) is 0 Å². The molecule has 1 aromatic heterocycles. The smallest absolute Gasteiger partial charge is 0.449 e. The Kier molecular flexibility index (Phi) is 5.27. The van der Waals surface area contributed by atoms with Crippen LogP contribution in [0.1, 0.15) is 5.82 Å². The molecule has 2 heterocycles. The molecule has 0 unspecified atom stereocenters. The highest BCUT2D eigenvalue weighted by atomic mass is 19.4. The van der Waals surface area contributed by atoms with E-state index in [1.54, 1.807) is 30.2 Å². The molecule has 1 fully saturated rings. The number of ether oxygens (including phenoxy) is 1. The van der Waals surface area contributed by atoms with Gasteiger partial charge in [-0.25, -0.2) is 4.98 Å². The molecule has 9 heteroatoms. The van der Waals surface area contributed by atoms with E-state index in [4.69, 9.17) is 4.74 Å². The molecule has 0 N–H and O–H groups in total. The van der Waals surface area contributed by atoms with Crippen LogP contribution in [0.4, 0.5) is 18.9 Å². The average molecular weight is 418 g/mol. The predicted molar refractivity (Wildman–Crippen MR) is 107 cm³/mol. The standard InChI is InChI=1S/C21H21F3N4O2/c1-30-16-8-6-15(7-9-16)26-10-12-27(13-11-26)19(29)14-28-18-5-3-2-4-17(18)25-20(28)21(22,23)24/h2-9H,10-14H2,1H3. The lowest BCUT2D eigenvalue weighted by atomic mass is 10.2. The number of carbonyl (C=O) groups is 1. The molecule has 1 saturated heterocycles. The number of halogens is 3. The normalized spacial score (nSPS) is 14.9. The summed E-state index contributed by atoms with van der Waals surface area (Å²) in [6.07, 6.45) is -4.63. The van der Waals surface area contributed by atoms with Crippen molar-refractivity contribution in [3.8, 4) is 5.75 Å². The number of alkyl halides is 3. The number of amides is 1. The van der Waals surface area contributed by atoms with Gasteiger partial charge in [0.2, 0.25) is 11.7 Å². The molecule has 0 aliphatic carbocycles. The first-order valence-corrected chi connectivity index (χ1v) is 9.56. The van der Waals surface area contributed by atoms with Crippen molar-refractivity contribution in [2.24, 2.45) is 0 Å². The van der Waals surface area contributed by atoms with Gasteiger partial charge in [0.15, 0.2) is 0 Å². The molecule has 1 amide bonds. The van der Waals surface area contributed by atoms with E-state index < -0.39 is 18.5 Å². The molecular weight excluding hydrogens is 397 g/mol. The Balaban J connectivity index is 1.46. The van der Waals surface area contributed by atoms with Gasteiger partial charge in [0.1, 0.15) is 12.3 Å². The minimum Gasteiger partial charge on any atom is -0.497 e. The fourth-order valence-corrected chi connectivity index (χ4v) is 3.69. The number of piperazine rings is 1. The van der Waals surface area contributed by atoms with E-state index in [1.807, 2.05) is 24.3 Å². The number of para-hydroxylation sites is 2. The molecule has 0 bridgehead atoms. The largest absolute Gasteiger partial charge is 0.497 e. The topological polar surface area (TPSA) is 50.6 Å². The first-order chi connectivity index (χ1) is 14.4. The zero-order valence-corrected chi connectivity index (χ0v) is 16.4. The lowest BCUT2D eigenvalue weighted by molar-refractivity contribution is -0.148. The van der Waals surface area contributed by atoms with E-state index in [9.17, 15) is 18.0 Å². The van der Waals surface area contributed by atoms with Crippen molar-refractivity contribution in [3.63, 3.8) is 0 Å². The van der Waals surface area contributed by atoms with Crippen LogP contribution < -0.4 is 9.64 Å². The summed E-state index contributed by atoms with van der Waals surface area (Å²) in [4.78, 5) is 20.2. The second kappa shape index (κ2) is 7.89. The number of hydrogen-bond donors (Lipinski definition) is 0. The molecule has 0 atom stereocenters. The van der Waals surface area contributed by atoms with Crippen molar-refractivity contribution in [2.45, 2.75) is 12.7 Å². The first-order valence-electron chi connectivity index (χ1n) is 9.56. The fraction of sp³-hybridized carbons (Fsp3) is 0.333. The van der Waals surface area contributed by atoms with Gasteiger partial charge in [0.05, 0.1) is 18.1 Å². The van der Waals surface area contributed by atoms with Crippen LogP contribution in [-0.2, 0) is 17.5 Å². The van der Waals surface area contributed by atoms with Crippen LogP contribution in [0, 0.1) is 0 Å². The zero-order valence-electron chi connectivity index (χ0n) is 16.4. The summed E-state index contributed by atoms with van der Waals surface area (Å²) in [5.41, 5.74) is 1.54. The molecule has 0 spiro atoms. The van der Waals surface area contributed by atoms with E-state index >= 15 is 0 Å². The molecule has 3 aromatic rings. The minimum absolute atomic E-state index is 0.224. The SMILES string of the molecule is COc1ccc(N2CCN(C(=O)Cn3c(C(F)(F)F)nc4ccccc43)CC2)cc1. The maximum Gasteiger partial charge on any atom is 0.449 e. The first kappa shape index (κ1) is 20.1. The summed E-state index contributed by atoms with van der Waals surface area (Å²) < 4.78 is 46.5. The van der Waals surface area contributed by atoms with Crippen molar-refractivity contribution in [3.05, 3.63) is 54.4 Å². The zero-order chi connectivity index (χ0) is 21.3. The third kappa shape index (κ3) is 3.92. The monoisotopic (exact) mass is 418 g/mol. The molecule has 0 saturated carbocycles. The molecule has 2 aromatic carbocycles. The number of imidazole rings is 1. The van der Waals surface area contributed by atoms with Crippen LogP contribution in [0.3, 0.4) is 0 Å². The number of aromatic nitrogens is 2. The van der Waals surface area contributed by atoms with E-state index in [0.29, 0.717) is 31.7 Å². The summed E-state index contributed by atoms with van der Waals surface area (Å²) >= 11 is 0. The van der Waals surface area contributed by atoms with E-state index in [-0.39, 0.29) is 11.4 Å². The molecule has 4 rings (SSSR count). The lowest BCUT2D eigenvalue weighted by Gasteiger charge is -2.36. The Morgan fingerprint density at radius 1 is 1.03 bits per heavy atom. The third-order valence-electron chi connectivity index (χ3n) is 5.27. The van der Waals surface area contributed by atoms with Gasteiger partial charge >= 0.3 is 6.18 Å². The Morgan fingerprint density at radius 2 is 1.70 bits per heavy atom. The highest BCUT2D eigenvalue weighted by molar-refractivity contribution is 5.81. The fourth-order valence-electron chi connectivity index (χ4n) is 3.69. The van der Waals surface area contributed by atoms with Crippen LogP contribution >= 0.6 is 0 Å². The van der Waals surface area contributed by atoms with Crippen molar-refractivity contribution < 1.29 is 22.7 Å². The second-order valence-corrected chi connectivity index (χ2v) is 7.07. The summed E-state index contributed by atoms with van der Waals surface area (Å²) in [7, 11) is 1.60. The Morgan fingerprint density at radius 3 is 2.33 bits per heavy atom. The quantitative estimate of drug-likeness (QED) is 0.652. The maximum absolute atomic E-state index is 13.4. The van der Waals surface area contributed by atoms with E-state index in [1.165, 1.54) is 6.07 Å². The summed E-state index contributed by atoms with van der Waals surface area (Å²) in [5.74, 6) is -0.632. The molecule has 1 aliphatic rings. The third-order valence-corrected chi connectivity index (χ3v) is 5.27. The number of benzene rings is 2. The highest BCUT2D eigenvalue weighted by Crippen LogP contribution is 2.31. The van der Waals surface area contributed by atoms with Gasteiger partial charge in [0, 0.05) is 31.9 Å². The lowest BCUT2D eigenvalue weighted by Crippen LogP contribution is -2.49. The Labute approximate surface area is 171 Å². The number of carbonyl (C=O) groups excluding carboxylic acids is 1. The number of fused-ring (bicyclic) bond motifs is 1. The molecule has 30 heavy (non-hydrogen) atoms. The van der Waals surface area contributed by atoms with Crippen LogP contribution in [0.5, 0.6) is 5.75 Å².